The van der Waals surface area contributed by atoms with E-state index in [9.17, 15) is 0 Å². The molecule has 0 aliphatic carbocycles. The van der Waals surface area contributed by atoms with Crippen molar-refractivity contribution in [3.8, 4) is 17.1 Å². The highest BCUT2D eigenvalue weighted by molar-refractivity contribution is 5.67. The minimum Gasteiger partial charge on any atom is -0.488 e. The minimum absolute atomic E-state index is 0.543. The molecule has 0 saturated carbocycles. The van der Waals surface area contributed by atoms with Crippen LogP contribution in [-0.4, -0.2) is 0 Å². The summed E-state index contributed by atoms with van der Waals surface area (Å²) in [7, 11) is 0. The van der Waals surface area contributed by atoms with E-state index in [1.54, 1.807) is 6.08 Å². The minimum atomic E-state index is 0.543. The van der Waals surface area contributed by atoms with Crippen molar-refractivity contribution in [2.75, 3.05) is 0 Å². The van der Waals surface area contributed by atoms with Gasteiger partial charge in [-0.25, -0.2) is 0 Å². The first-order chi connectivity index (χ1) is 10.8. The fraction of sp³-hybridized carbons (Fsp3) is 0.100. The summed E-state index contributed by atoms with van der Waals surface area (Å²) in [4.78, 5) is 0. The highest BCUT2D eigenvalue weighted by Crippen LogP contribution is 2.29. The predicted molar refractivity (Wildman–Crippen MR) is 89.7 cm³/mol. The lowest BCUT2D eigenvalue weighted by atomic mass is 10.1. The molecule has 0 saturated heterocycles. The van der Waals surface area contributed by atoms with E-state index in [1.807, 2.05) is 67.6 Å². The lowest BCUT2D eigenvalue weighted by Crippen LogP contribution is -1.96. The normalized spacial score (nSPS) is 10.4. The first-order valence-electron chi connectivity index (χ1n) is 7.26. The summed E-state index contributed by atoms with van der Waals surface area (Å²) in [5, 5.41) is 0. The average Bonchev–Trinajstić information content (AvgIpc) is 3.00. The van der Waals surface area contributed by atoms with Crippen LogP contribution >= 0.6 is 0 Å². The Bertz CT molecular complexity index is 769. The zero-order valence-electron chi connectivity index (χ0n) is 12.6. The van der Waals surface area contributed by atoms with Crippen LogP contribution < -0.4 is 4.74 Å². The molecule has 2 aromatic carbocycles. The van der Waals surface area contributed by atoms with Crippen LogP contribution in [0.5, 0.6) is 5.75 Å². The molecule has 1 aromatic heterocycles. The molecule has 3 aromatic rings. The topological polar surface area (TPSA) is 22.4 Å². The molecule has 0 fully saturated rings. The Morgan fingerprint density at radius 1 is 1.05 bits per heavy atom. The van der Waals surface area contributed by atoms with Crippen LogP contribution in [0.4, 0.5) is 0 Å². The summed E-state index contributed by atoms with van der Waals surface area (Å²) in [6.07, 6.45) is 1.81. The van der Waals surface area contributed by atoms with Gasteiger partial charge in [0.1, 0.15) is 23.9 Å². The quantitative estimate of drug-likeness (QED) is 0.621. The van der Waals surface area contributed by atoms with Crippen LogP contribution in [0.1, 0.15) is 16.9 Å². The summed E-state index contributed by atoms with van der Waals surface area (Å²) < 4.78 is 11.6. The zero-order chi connectivity index (χ0) is 15.4. The number of furan rings is 1. The third kappa shape index (κ3) is 3.12. The molecule has 0 aliphatic heterocycles. The molecule has 1 heterocycles. The summed E-state index contributed by atoms with van der Waals surface area (Å²) in [6.45, 7) is 6.36. The summed E-state index contributed by atoms with van der Waals surface area (Å²) in [5.41, 5.74) is 3.13. The van der Waals surface area contributed by atoms with Gasteiger partial charge in [-0.1, -0.05) is 43.0 Å². The van der Waals surface area contributed by atoms with Crippen molar-refractivity contribution < 1.29 is 9.15 Å². The molecule has 2 nitrogen and oxygen atoms in total. The molecular weight excluding hydrogens is 272 g/mol. The number of hydrogen-bond acceptors (Lipinski definition) is 2. The Morgan fingerprint density at radius 2 is 1.86 bits per heavy atom. The average molecular weight is 290 g/mol. The van der Waals surface area contributed by atoms with Gasteiger partial charge in [-0.2, -0.15) is 0 Å². The Labute approximate surface area is 130 Å². The second-order valence-corrected chi connectivity index (χ2v) is 5.14. The first kappa shape index (κ1) is 14.2. The smallest absolute Gasteiger partial charge is 0.134 e. The fourth-order valence-electron chi connectivity index (χ4n) is 2.32. The van der Waals surface area contributed by atoms with E-state index in [0.717, 1.165) is 34.0 Å². The van der Waals surface area contributed by atoms with Gasteiger partial charge in [0.05, 0.1) is 0 Å². The van der Waals surface area contributed by atoms with Crippen molar-refractivity contribution in [1.82, 2.24) is 0 Å². The molecular formula is C20H18O2. The highest BCUT2D eigenvalue weighted by atomic mass is 16.5. The number of ether oxygens (including phenoxy) is 1. The molecule has 22 heavy (non-hydrogen) atoms. The van der Waals surface area contributed by atoms with Crippen LogP contribution in [-0.2, 0) is 6.61 Å². The number of benzene rings is 2. The SMILES string of the molecule is C=Cc1cc(-c2ccc(C)o2)ccc1OCc1ccccc1. The number of rotatable bonds is 5. The number of hydrogen-bond donors (Lipinski definition) is 0. The van der Waals surface area contributed by atoms with Crippen molar-refractivity contribution >= 4 is 6.08 Å². The van der Waals surface area contributed by atoms with Gasteiger partial charge in [0.15, 0.2) is 0 Å². The third-order valence-electron chi connectivity index (χ3n) is 3.49. The molecule has 0 aliphatic rings. The van der Waals surface area contributed by atoms with Gasteiger partial charge in [-0.05, 0) is 42.8 Å². The largest absolute Gasteiger partial charge is 0.488 e. The maximum absolute atomic E-state index is 5.91. The van der Waals surface area contributed by atoms with Gasteiger partial charge >= 0.3 is 0 Å². The summed E-state index contributed by atoms with van der Waals surface area (Å²) in [5.74, 6) is 2.58. The van der Waals surface area contributed by atoms with E-state index in [4.69, 9.17) is 9.15 Å². The van der Waals surface area contributed by atoms with Crippen LogP contribution in [0.2, 0.25) is 0 Å². The molecule has 110 valence electrons. The Hall–Kier alpha value is -2.74. The van der Waals surface area contributed by atoms with E-state index in [1.165, 1.54) is 0 Å². The maximum atomic E-state index is 5.91. The van der Waals surface area contributed by atoms with E-state index >= 15 is 0 Å². The van der Waals surface area contributed by atoms with Crippen molar-refractivity contribution in [2.24, 2.45) is 0 Å². The standard InChI is InChI=1S/C20H18O2/c1-3-17-13-18(20-11-9-15(2)22-20)10-12-19(17)21-14-16-7-5-4-6-8-16/h3-13H,1,14H2,2H3. The maximum Gasteiger partial charge on any atom is 0.134 e. The van der Waals surface area contributed by atoms with Crippen LogP contribution in [0, 0.1) is 6.92 Å². The molecule has 0 N–H and O–H groups in total. The molecule has 0 unspecified atom stereocenters. The number of aryl methyl sites for hydroxylation is 1. The molecule has 0 amide bonds. The van der Waals surface area contributed by atoms with Gasteiger partial charge in [0, 0.05) is 11.1 Å². The molecule has 0 spiro atoms. The Morgan fingerprint density at radius 3 is 2.55 bits per heavy atom. The Balaban J connectivity index is 1.82. The van der Waals surface area contributed by atoms with Crippen molar-refractivity contribution in [3.63, 3.8) is 0 Å². The molecule has 0 bridgehead atoms. The third-order valence-corrected chi connectivity index (χ3v) is 3.49. The van der Waals surface area contributed by atoms with Crippen molar-refractivity contribution in [3.05, 3.63) is 84.1 Å². The predicted octanol–water partition coefficient (Wildman–Crippen LogP) is 5.48. The van der Waals surface area contributed by atoms with E-state index in [2.05, 4.69) is 6.58 Å². The molecule has 0 radical (unpaired) electrons. The van der Waals surface area contributed by atoms with Gasteiger partial charge < -0.3 is 9.15 Å². The van der Waals surface area contributed by atoms with E-state index in [-0.39, 0.29) is 0 Å². The summed E-state index contributed by atoms with van der Waals surface area (Å²) >= 11 is 0. The van der Waals surface area contributed by atoms with Crippen molar-refractivity contribution in [1.29, 1.82) is 0 Å². The van der Waals surface area contributed by atoms with Crippen molar-refractivity contribution in [2.45, 2.75) is 13.5 Å². The van der Waals surface area contributed by atoms with Gasteiger partial charge in [-0.3, -0.25) is 0 Å². The van der Waals surface area contributed by atoms with Gasteiger partial charge in [-0.15, -0.1) is 0 Å². The second kappa shape index (κ2) is 6.35. The monoisotopic (exact) mass is 290 g/mol. The van der Waals surface area contributed by atoms with Crippen LogP contribution in [0.15, 0.2) is 71.7 Å². The fourth-order valence-corrected chi connectivity index (χ4v) is 2.32. The van der Waals surface area contributed by atoms with Gasteiger partial charge in [0.25, 0.3) is 0 Å². The lowest BCUT2D eigenvalue weighted by Gasteiger charge is -2.10. The van der Waals surface area contributed by atoms with Crippen LogP contribution in [0.3, 0.4) is 0 Å². The highest BCUT2D eigenvalue weighted by Gasteiger charge is 2.07. The first-order valence-corrected chi connectivity index (χ1v) is 7.26. The van der Waals surface area contributed by atoms with E-state index in [0.29, 0.717) is 6.61 Å². The van der Waals surface area contributed by atoms with Gasteiger partial charge in [0.2, 0.25) is 0 Å². The molecule has 2 heteroatoms. The summed E-state index contributed by atoms with van der Waals surface area (Å²) in [6, 6.07) is 20.1. The molecule has 0 atom stereocenters. The van der Waals surface area contributed by atoms with E-state index < -0.39 is 0 Å². The Kier molecular flexibility index (Phi) is 4.10. The molecule has 3 rings (SSSR count). The zero-order valence-corrected chi connectivity index (χ0v) is 12.6. The lowest BCUT2D eigenvalue weighted by molar-refractivity contribution is 0.305. The van der Waals surface area contributed by atoms with Crippen LogP contribution in [0.25, 0.3) is 17.4 Å². The second-order valence-electron chi connectivity index (χ2n) is 5.14.